The zero-order valence-electron chi connectivity index (χ0n) is 25.4. The van der Waals surface area contributed by atoms with E-state index >= 15 is 0 Å². The number of carbonyl (C=O) groups is 1. The van der Waals surface area contributed by atoms with Gasteiger partial charge in [0.05, 0.1) is 39.7 Å². The molecule has 3 heterocycles. The van der Waals surface area contributed by atoms with E-state index in [-0.39, 0.29) is 23.4 Å². The smallest absolute Gasteiger partial charge is 0.416 e. The number of amides is 1. The first kappa shape index (κ1) is 32.7. The Morgan fingerprint density at radius 1 is 1.18 bits per heavy atom. The van der Waals surface area contributed by atoms with E-state index < -0.39 is 17.3 Å². The summed E-state index contributed by atoms with van der Waals surface area (Å²) in [4.78, 5) is 35.1. The third-order valence-corrected chi connectivity index (χ3v) is 8.70. The number of benzene rings is 2. The van der Waals surface area contributed by atoms with Crippen LogP contribution in [0.2, 0.25) is 5.02 Å². The zero-order chi connectivity index (χ0) is 32.5. The number of hydrogen-bond acceptors (Lipinski definition) is 6. The third-order valence-electron chi connectivity index (χ3n) is 7.50. The normalized spacial score (nSPS) is 15.5. The summed E-state index contributed by atoms with van der Waals surface area (Å²) >= 11 is 7.90. The molecule has 45 heavy (non-hydrogen) atoms. The van der Waals surface area contributed by atoms with E-state index in [9.17, 15) is 22.8 Å². The lowest BCUT2D eigenvalue weighted by Gasteiger charge is -2.33. The minimum absolute atomic E-state index is 0.0926. The Morgan fingerprint density at radius 3 is 2.56 bits per heavy atom. The summed E-state index contributed by atoms with van der Waals surface area (Å²) < 4.78 is 46.6. The molecule has 5 rings (SSSR count). The molecule has 0 radical (unpaired) electrons. The second-order valence-corrected chi connectivity index (χ2v) is 12.7. The molecular formula is C33H34ClF3N4O3S. The van der Waals surface area contributed by atoms with E-state index in [0.29, 0.717) is 76.6 Å². The average molecular weight is 659 g/mol. The molecule has 1 fully saturated rings. The van der Waals surface area contributed by atoms with Crippen molar-refractivity contribution in [1.82, 2.24) is 19.8 Å². The molecule has 1 N–H and O–H groups in total. The van der Waals surface area contributed by atoms with Crippen molar-refractivity contribution in [2.75, 3.05) is 26.2 Å². The first-order valence-electron chi connectivity index (χ1n) is 14.7. The maximum absolute atomic E-state index is 14.5. The van der Waals surface area contributed by atoms with Crippen molar-refractivity contribution in [2.24, 2.45) is 5.92 Å². The van der Waals surface area contributed by atoms with Crippen LogP contribution in [-0.2, 0) is 12.6 Å². The number of piperazine rings is 1. The van der Waals surface area contributed by atoms with Gasteiger partial charge in [0.15, 0.2) is 0 Å². The van der Waals surface area contributed by atoms with Crippen LogP contribution in [-0.4, -0.2) is 52.6 Å². The number of aromatic nitrogens is 2. The predicted molar refractivity (Wildman–Crippen MR) is 172 cm³/mol. The van der Waals surface area contributed by atoms with E-state index in [1.165, 1.54) is 28.0 Å². The number of ether oxygens (including phenoxy) is 1. The Morgan fingerprint density at radius 2 is 1.91 bits per heavy atom. The molecule has 2 aromatic heterocycles. The first-order valence-corrected chi connectivity index (χ1v) is 16.0. The third kappa shape index (κ3) is 7.10. The largest absolute Gasteiger partial charge is 0.494 e. The first-order chi connectivity index (χ1) is 21.4. The summed E-state index contributed by atoms with van der Waals surface area (Å²) in [7, 11) is 0. The molecule has 1 atom stereocenters. The number of nitrogens with zero attached hydrogens (tertiary/aromatic N) is 3. The number of halogens is 4. The molecule has 2 aromatic carbocycles. The Kier molecular flexibility index (Phi) is 9.71. The van der Waals surface area contributed by atoms with Crippen LogP contribution in [0.25, 0.3) is 27.5 Å². The van der Waals surface area contributed by atoms with Gasteiger partial charge in [-0.25, -0.2) is 4.98 Å². The topological polar surface area (TPSA) is 76.5 Å². The van der Waals surface area contributed by atoms with Crippen LogP contribution in [0, 0.1) is 5.92 Å². The molecule has 0 saturated carbocycles. The summed E-state index contributed by atoms with van der Waals surface area (Å²) in [5.74, 6) is 0.410. The van der Waals surface area contributed by atoms with Gasteiger partial charge < -0.3 is 15.0 Å². The van der Waals surface area contributed by atoms with Gasteiger partial charge in [-0.1, -0.05) is 37.6 Å². The van der Waals surface area contributed by atoms with Crippen LogP contribution >= 0.6 is 22.9 Å². The number of carbonyl (C=O) groups excluding carboxylic acids is 1. The van der Waals surface area contributed by atoms with Gasteiger partial charge in [-0.05, 0) is 56.5 Å². The molecule has 0 spiro atoms. The van der Waals surface area contributed by atoms with Gasteiger partial charge in [0.1, 0.15) is 10.8 Å². The average Bonchev–Trinajstić information content (AvgIpc) is 3.48. The number of pyridine rings is 1. The molecular weight excluding hydrogens is 625 g/mol. The highest BCUT2D eigenvalue weighted by Crippen LogP contribution is 2.34. The summed E-state index contributed by atoms with van der Waals surface area (Å²) in [5.41, 5.74) is 1.19. The molecule has 4 aromatic rings. The molecule has 0 unspecified atom stereocenters. The SMILES string of the molecule is CCOc1ccc(Cl)c(-n2c(CC(C)C)c(C(=O)N3CCN[C@H](C)C3)cc(-c3nc(-c4ccc(C(F)(F)F)cc4)cs3)c2=O)c1. The van der Waals surface area contributed by atoms with Crippen LogP contribution in [0.4, 0.5) is 13.2 Å². The summed E-state index contributed by atoms with van der Waals surface area (Å²) in [6.45, 7) is 9.96. The Labute approximate surface area is 268 Å². The molecule has 0 aliphatic carbocycles. The van der Waals surface area contributed by atoms with E-state index in [0.717, 1.165) is 12.1 Å². The lowest BCUT2D eigenvalue weighted by atomic mass is 9.99. The summed E-state index contributed by atoms with van der Waals surface area (Å²) in [6, 6.07) is 11.5. The van der Waals surface area contributed by atoms with Gasteiger partial charge in [-0.15, -0.1) is 11.3 Å². The van der Waals surface area contributed by atoms with E-state index in [4.69, 9.17) is 16.3 Å². The summed E-state index contributed by atoms with van der Waals surface area (Å²) in [6.07, 6.45) is -4.04. The predicted octanol–water partition coefficient (Wildman–Crippen LogP) is 7.33. The van der Waals surface area contributed by atoms with Crippen molar-refractivity contribution < 1.29 is 22.7 Å². The highest BCUT2D eigenvalue weighted by Gasteiger charge is 2.31. The van der Waals surface area contributed by atoms with Crippen molar-refractivity contribution in [3.05, 3.63) is 86.1 Å². The maximum atomic E-state index is 14.5. The second kappa shape index (κ2) is 13.4. The van der Waals surface area contributed by atoms with Crippen molar-refractivity contribution in [1.29, 1.82) is 0 Å². The molecule has 1 aliphatic rings. The van der Waals surface area contributed by atoms with Crippen LogP contribution in [0.15, 0.2) is 58.7 Å². The lowest BCUT2D eigenvalue weighted by molar-refractivity contribution is -0.137. The number of hydrogen-bond donors (Lipinski definition) is 1. The zero-order valence-corrected chi connectivity index (χ0v) is 26.9. The van der Waals surface area contributed by atoms with Crippen LogP contribution < -0.4 is 15.6 Å². The van der Waals surface area contributed by atoms with Gasteiger partial charge in [0.25, 0.3) is 11.5 Å². The van der Waals surface area contributed by atoms with Gasteiger partial charge in [-0.2, -0.15) is 13.2 Å². The number of nitrogens with one attached hydrogen (secondary N) is 1. The van der Waals surface area contributed by atoms with Crippen LogP contribution in [0.1, 0.15) is 49.3 Å². The minimum atomic E-state index is -4.46. The molecule has 7 nitrogen and oxygen atoms in total. The van der Waals surface area contributed by atoms with Crippen molar-refractivity contribution in [3.63, 3.8) is 0 Å². The van der Waals surface area contributed by atoms with Gasteiger partial charge in [-0.3, -0.25) is 14.2 Å². The number of thiazole rings is 1. The second-order valence-electron chi connectivity index (χ2n) is 11.4. The maximum Gasteiger partial charge on any atom is 0.416 e. The van der Waals surface area contributed by atoms with E-state index in [1.807, 2.05) is 27.7 Å². The Balaban J connectivity index is 1.72. The van der Waals surface area contributed by atoms with Crippen LogP contribution in [0.5, 0.6) is 5.75 Å². The minimum Gasteiger partial charge on any atom is -0.494 e. The van der Waals surface area contributed by atoms with E-state index in [2.05, 4.69) is 10.3 Å². The highest BCUT2D eigenvalue weighted by molar-refractivity contribution is 7.13. The Hall–Kier alpha value is -3.67. The number of alkyl halides is 3. The van der Waals surface area contributed by atoms with Crippen LogP contribution in [0.3, 0.4) is 0 Å². The van der Waals surface area contributed by atoms with Gasteiger partial charge in [0, 0.05) is 48.4 Å². The summed E-state index contributed by atoms with van der Waals surface area (Å²) in [5, 5.41) is 5.68. The Bertz CT molecular complexity index is 1750. The van der Waals surface area contributed by atoms with Crippen molar-refractivity contribution >= 4 is 28.8 Å². The highest BCUT2D eigenvalue weighted by atomic mass is 35.5. The van der Waals surface area contributed by atoms with Gasteiger partial charge in [0.2, 0.25) is 0 Å². The fraction of sp³-hybridized carbons (Fsp3) is 0.364. The monoisotopic (exact) mass is 658 g/mol. The molecule has 12 heteroatoms. The fourth-order valence-electron chi connectivity index (χ4n) is 5.40. The fourth-order valence-corrected chi connectivity index (χ4v) is 6.44. The van der Waals surface area contributed by atoms with Crippen molar-refractivity contribution in [2.45, 2.75) is 46.3 Å². The van der Waals surface area contributed by atoms with Crippen molar-refractivity contribution in [3.8, 4) is 33.3 Å². The molecule has 0 bridgehead atoms. The van der Waals surface area contributed by atoms with E-state index in [1.54, 1.807) is 34.5 Å². The molecule has 1 saturated heterocycles. The molecule has 1 aliphatic heterocycles. The standard InChI is InChI=1S/C33H34ClF3N4O3S/c1-5-44-23-10-11-26(34)29(15-23)41-28(14-19(2)3)24(31(42)40-13-12-38-20(4)17-40)16-25(32(41)43)30-39-27(18-45-30)21-6-8-22(9-7-21)33(35,36)37/h6-11,15-16,18-20,38H,5,12-14,17H2,1-4H3/t20-/m1/s1. The quantitative estimate of drug-likeness (QED) is 0.215. The number of rotatable bonds is 8. The molecule has 1 amide bonds. The molecule has 238 valence electrons. The lowest BCUT2D eigenvalue weighted by Crippen LogP contribution is -2.51. The van der Waals surface area contributed by atoms with Gasteiger partial charge >= 0.3 is 6.18 Å².